The van der Waals surface area contributed by atoms with Crippen LogP contribution in [0, 0.1) is 0 Å². The van der Waals surface area contributed by atoms with Gasteiger partial charge in [-0.1, -0.05) is 6.07 Å². The van der Waals surface area contributed by atoms with Gasteiger partial charge in [-0.2, -0.15) is 0 Å². The van der Waals surface area contributed by atoms with E-state index >= 15 is 0 Å². The van der Waals surface area contributed by atoms with Crippen molar-refractivity contribution in [2.75, 3.05) is 18.5 Å². The number of hydrogen-bond acceptors (Lipinski definition) is 6. The van der Waals surface area contributed by atoms with Crippen molar-refractivity contribution < 1.29 is 9.53 Å². The molecule has 3 heterocycles. The standard InChI is InChI=1S/C16H19N5O2/c22-16(21-9-13-4-2-6-23-13)14-10-20-15(11-18-14)19-8-12-3-1-5-17-7-12/h1,3,5,7,10-11,13H,2,4,6,8-9H2,(H,19,20)(H,21,22). The summed E-state index contributed by atoms with van der Waals surface area (Å²) in [5, 5.41) is 5.96. The molecule has 1 amide bonds. The predicted molar refractivity (Wildman–Crippen MR) is 84.9 cm³/mol. The highest BCUT2D eigenvalue weighted by Gasteiger charge is 2.17. The monoisotopic (exact) mass is 313 g/mol. The summed E-state index contributed by atoms with van der Waals surface area (Å²) in [7, 11) is 0. The van der Waals surface area contributed by atoms with Crippen LogP contribution in [0.2, 0.25) is 0 Å². The Labute approximate surface area is 134 Å². The Kier molecular flexibility index (Phi) is 5.10. The van der Waals surface area contributed by atoms with Gasteiger partial charge in [0, 0.05) is 32.1 Å². The van der Waals surface area contributed by atoms with Gasteiger partial charge in [-0.15, -0.1) is 0 Å². The maximum Gasteiger partial charge on any atom is 0.271 e. The summed E-state index contributed by atoms with van der Waals surface area (Å²) >= 11 is 0. The van der Waals surface area contributed by atoms with Gasteiger partial charge >= 0.3 is 0 Å². The molecule has 2 aromatic rings. The molecule has 0 spiro atoms. The number of nitrogens with zero attached hydrogens (tertiary/aromatic N) is 3. The Morgan fingerprint density at radius 3 is 2.96 bits per heavy atom. The van der Waals surface area contributed by atoms with Crippen molar-refractivity contribution in [2.24, 2.45) is 0 Å². The van der Waals surface area contributed by atoms with Crippen molar-refractivity contribution in [3.8, 4) is 0 Å². The molecule has 120 valence electrons. The van der Waals surface area contributed by atoms with Crippen LogP contribution in [0.15, 0.2) is 36.9 Å². The van der Waals surface area contributed by atoms with Gasteiger partial charge in [-0.3, -0.25) is 9.78 Å². The minimum absolute atomic E-state index is 0.118. The molecule has 0 saturated carbocycles. The number of anilines is 1. The molecule has 1 unspecified atom stereocenters. The SMILES string of the molecule is O=C(NCC1CCCO1)c1cnc(NCc2cccnc2)cn1. The van der Waals surface area contributed by atoms with Crippen molar-refractivity contribution in [2.45, 2.75) is 25.5 Å². The third-order valence-electron chi connectivity index (χ3n) is 3.60. The first kappa shape index (κ1) is 15.4. The molecule has 2 aromatic heterocycles. The largest absolute Gasteiger partial charge is 0.376 e. The van der Waals surface area contributed by atoms with Crippen LogP contribution in [-0.4, -0.2) is 40.1 Å². The zero-order chi connectivity index (χ0) is 15.9. The number of pyridine rings is 1. The summed E-state index contributed by atoms with van der Waals surface area (Å²) in [6.07, 6.45) is 8.70. The number of hydrogen-bond donors (Lipinski definition) is 2. The van der Waals surface area contributed by atoms with Gasteiger partial charge in [0.15, 0.2) is 0 Å². The Balaban J connectivity index is 1.49. The van der Waals surface area contributed by atoms with Gasteiger partial charge in [0.1, 0.15) is 11.5 Å². The van der Waals surface area contributed by atoms with Crippen LogP contribution in [0.25, 0.3) is 0 Å². The highest BCUT2D eigenvalue weighted by Crippen LogP contribution is 2.11. The summed E-state index contributed by atoms with van der Waals surface area (Å²) in [6.45, 7) is 1.90. The molecule has 3 rings (SSSR count). The van der Waals surface area contributed by atoms with E-state index in [-0.39, 0.29) is 12.0 Å². The van der Waals surface area contributed by atoms with Gasteiger partial charge in [0.05, 0.1) is 18.5 Å². The minimum atomic E-state index is -0.230. The van der Waals surface area contributed by atoms with Crippen LogP contribution >= 0.6 is 0 Å². The van der Waals surface area contributed by atoms with E-state index in [1.807, 2.05) is 12.1 Å². The third kappa shape index (κ3) is 4.46. The molecule has 0 aromatic carbocycles. The fourth-order valence-electron chi connectivity index (χ4n) is 2.33. The maximum atomic E-state index is 12.0. The number of amides is 1. The normalized spacial score (nSPS) is 17.0. The lowest BCUT2D eigenvalue weighted by molar-refractivity contribution is 0.0853. The van der Waals surface area contributed by atoms with Crippen molar-refractivity contribution in [3.63, 3.8) is 0 Å². The first-order valence-electron chi connectivity index (χ1n) is 7.66. The van der Waals surface area contributed by atoms with Crippen LogP contribution < -0.4 is 10.6 Å². The fraction of sp³-hybridized carbons (Fsp3) is 0.375. The quantitative estimate of drug-likeness (QED) is 0.838. The van der Waals surface area contributed by atoms with Gasteiger partial charge in [-0.25, -0.2) is 9.97 Å². The number of carbonyl (C=O) groups is 1. The van der Waals surface area contributed by atoms with Crippen molar-refractivity contribution in [3.05, 3.63) is 48.2 Å². The number of ether oxygens (including phenoxy) is 1. The molecule has 2 N–H and O–H groups in total. The minimum Gasteiger partial charge on any atom is -0.376 e. The lowest BCUT2D eigenvalue weighted by Crippen LogP contribution is -2.32. The van der Waals surface area contributed by atoms with Crippen LogP contribution in [0.5, 0.6) is 0 Å². The molecule has 7 heteroatoms. The second-order valence-corrected chi connectivity index (χ2v) is 5.35. The maximum absolute atomic E-state index is 12.0. The van der Waals surface area contributed by atoms with Gasteiger partial charge < -0.3 is 15.4 Å². The number of carbonyl (C=O) groups excluding carboxylic acids is 1. The fourth-order valence-corrected chi connectivity index (χ4v) is 2.33. The van der Waals surface area contributed by atoms with Crippen LogP contribution in [0.3, 0.4) is 0 Å². The van der Waals surface area contributed by atoms with E-state index in [2.05, 4.69) is 25.6 Å². The lowest BCUT2D eigenvalue weighted by Gasteiger charge is -2.10. The Morgan fingerprint density at radius 1 is 1.30 bits per heavy atom. The predicted octanol–water partition coefficient (Wildman–Crippen LogP) is 1.39. The summed E-state index contributed by atoms with van der Waals surface area (Å²) in [4.78, 5) is 24.4. The molecule has 1 fully saturated rings. The van der Waals surface area contributed by atoms with E-state index in [4.69, 9.17) is 4.74 Å². The topological polar surface area (TPSA) is 89.0 Å². The van der Waals surface area contributed by atoms with E-state index in [0.717, 1.165) is 25.0 Å². The molecule has 1 atom stereocenters. The lowest BCUT2D eigenvalue weighted by atomic mass is 10.2. The van der Waals surface area contributed by atoms with Crippen LogP contribution in [-0.2, 0) is 11.3 Å². The summed E-state index contributed by atoms with van der Waals surface area (Å²) in [5.74, 6) is 0.385. The highest BCUT2D eigenvalue weighted by atomic mass is 16.5. The van der Waals surface area contributed by atoms with Gasteiger partial charge in [0.25, 0.3) is 5.91 Å². The molecular weight excluding hydrogens is 294 g/mol. The second kappa shape index (κ2) is 7.64. The van der Waals surface area contributed by atoms with E-state index < -0.39 is 0 Å². The Hall–Kier alpha value is -2.54. The number of nitrogens with one attached hydrogen (secondary N) is 2. The number of rotatable bonds is 6. The molecule has 0 aliphatic carbocycles. The summed E-state index contributed by atoms with van der Waals surface area (Å²) < 4.78 is 5.47. The van der Waals surface area contributed by atoms with E-state index in [1.165, 1.54) is 6.20 Å². The average Bonchev–Trinajstić information content (AvgIpc) is 3.13. The van der Waals surface area contributed by atoms with Gasteiger partial charge in [0.2, 0.25) is 0 Å². The average molecular weight is 313 g/mol. The third-order valence-corrected chi connectivity index (χ3v) is 3.60. The Morgan fingerprint density at radius 2 is 2.26 bits per heavy atom. The van der Waals surface area contributed by atoms with E-state index in [1.54, 1.807) is 18.6 Å². The molecule has 1 aliphatic rings. The second-order valence-electron chi connectivity index (χ2n) is 5.35. The zero-order valence-corrected chi connectivity index (χ0v) is 12.7. The first-order valence-corrected chi connectivity index (χ1v) is 7.66. The molecular formula is C16H19N5O2. The van der Waals surface area contributed by atoms with E-state index in [9.17, 15) is 4.79 Å². The van der Waals surface area contributed by atoms with Crippen LogP contribution in [0.4, 0.5) is 5.82 Å². The zero-order valence-electron chi connectivity index (χ0n) is 12.7. The molecule has 0 bridgehead atoms. The van der Waals surface area contributed by atoms with Crippen molar-refractivity contribution in [1.82, 2.24) is 20.3 Å². The molecule has 7 nitrogen and oxygen atoms in total. The number of aromatic nitrogens is 3. The smallest absolute Gasteiger partial charge is 0.271 e. The van der Waals surface area contributed by atoms with E-state index in [0.29, 0.717) is 24.6 Å². The summed E-state index contributed by atoms with van der Waals surface area (Å²) in [5.41, 5.74) is 1.35. The first-order chi connectivity index (χ1) is 11.3. The summed E-state index contributed by atoms with van der Waals surface area (Å²) in [6, 6.07) is 3.85. The van der Waals surface area contributed by atoms with Gasteiger partial charge in [-0.05, 0) is 24.5 Å². The highest BCUT2D eigenvalue weighted by molar-refractivity contribution is 5.92. The van der Waals surface area contributed by atoms with Crippen molar-refractivity contribution >= 4 is 11.7 Å². The van der Waals surface area contributed by atoms with Crippen molar-refractivity contribution in [1.29, 1.82) is 0 Å². The van der Waals surface area contributed by atoms with Crippen LogP contribution in [0.1, 0.15) is 28.9 Å². The molecule has 23 heavy (non-hydrogen) atoms. The molecule has 1 saturated heterocycles. The molecule has 1 aliphatic heterocycles. The molecule has 0 radical (unpaired) electrons. The Bertz CT molecular complexity index is 627.